The number of aryl methyl sites for hydroxylation is 2. The van der Waals surface area contributed by atoms with Crippen LogP contribution in [0.2, 0.25) is 5.02 Å². The van der Waals surface area contributed by atoms with Crippen molar-refractivity contribution in [3.8, 4) is 5.75 Å². The molecule has 2 rings (SSSR count). The fourth-order valence-electron chi connectivity index (χ4n) is 1.98. The van der Waals surface area contributed by atoms with Crippen molar-refractivity contribution in [1.82, 2.24) is 5.32 Å². The summed E-state index contributed by atoms with van der Waals surface area (Å²) in [5.74, 6) is 0.623. The molecule has 23 heavy (non-hydrogen) atoms. The van der Waals surface area contributed by atoms with Crippen LogP contribution in [-0.2, 0) is 0 Å². The van der Waals surface area contributed by atoms with Crippen molar-refractivity contribution in [2.24, 2.45) is 0 Å². The SMILES string of the molecule is Cc1ccc(Cl)c(OCCNC(=O)Nc2ccc(Br)cc2C)c1. The highest BCUT2D eigenvalue weighted by Crippen LogP contribution is 2.25. The average Bonchev–Trinajstić information content (AvgIpc) is 2.50. The molecule has 0 aliphatic heterocycles. The molecule has 0 saturated heterocycles. The number of urea groups is 1. The number of carbonyl (C=O) groups is 1. The van der Waals surface area contributed by atoms with Crippen LogP contribution in [0.4, 0.5) is 10.5 Å². The van der Waals surface area contributed by atoms with Crippen LogP contribution in [0.5, 0.6) is 5.75 Å². The quantitative estimate of drug-likeness (QED) is 0.704. The first kappa shape index (κ1) is 17.6. The van der Waals surface area contributed by atoms with Gasteiger partial charge in [0.2, 0.25) is 0 Å². The fourth-order valence-corrected chi connectivity index (χ4v) is 2.63. The average molecular weight is 398 g/mol. The van der Waals surface area contributed by atoms with Gasteiger partial charge in [-0.2, -0.15) is 0 Å². The minimum atomic E-state index is -0.269. The molecule has 0 unspecified atom stereocenters. The van der Waals surface area contributed by atoms with Gasteiger partial charge in [-0.15, -0.1) is 0 Å². The molecule has 0 saturated carbocycles. The summed E-state index contributed by atoms with van der Waals surface area (Å²) in [6, 6.07) is 11.0. The standard InChI is InChI=1S/C17H18BrClN2O2/c1-11-3-5-14(19)16(9-11)23-8-7-20-17(22)21-15-6-4-13(18)10-12(15)2/h3-6,9-10H,7-8H2,1-2H3,(H2,20,21,22). The highest BCUT2D eigenvalue weighted by molar-refractivity contribution is 9.10. The van der Waals surface area contributed by atoms with Gasteiger partial charge in [-0.3, -0.25) is 0 Å². The van der Waals surface area contributed by atoms with Gasteiger partial charge in [-0.25, -0.2) is 4.79 Å². The normalized spacial score (nSPS) is 10.3. The molecule has 4 nitrogen and oxygen atoms in total. The van der Waals surface area contributed by atoms with Crippen molar-refractivity contribution < 1.29 is 9.53 Å². The van der Waals surface area contributed by atoms with Crippen LogP contribution in [0.25, 0.3) is 0 Å². The number of benzene rings is 2. The van der Waals surface area contributed by atoms with Crippen LogP contribution in [0, 0.1) is 13.8 Å². The van der Waals surface area contributed by atoms with Crippen molar-refractivity contribution in [2.75, 3.05) is 18.5 Å². The van der Waals surface area contributed by atoms with Gasteiger partial charge >= 0.3 is 6.03 Å². The summed E-state index contributed by atoms with van der Waals surface area (Å²) in [6.07, 6.45) is 0. The van der Waals surface area contributed by atoms with Crippen molar-refractivity contribution in [3.63, 3.8) is 0 Å². The van der Waals surface area contributed by atoms with E-state index in [-0.39, 0.29) is 6.03 Å². The van der Waals surface area contributed by atoms with E-state index < -0.39 is 0 Å². The lowest BCUT2D eigenvalue weighted by molar-refractivity contribution is 0.247. The molecule has 2 amide bonds. The minimum Gasteiger partial charge on any atom is -0.490 e. The second-order valence-electron chi connectivity index (χ2n) is 5.12. The third kappa shape index (κ3) is 5.44. The smallest absolute Gasteiger partial charge is 0.319 e. The van der Waals surface area contributed by atoms with Crippen LogP contribution in [-0.4, -0.2) is 19.2 Å². The molecule has 0 heterocycles. The number of anilines is 1. The van der Waals surface area contributed by atoms with Gasteiger partial charge in [0.15, 0.2) is 0 Å². The van der Waals surface area contributed by atoms with Crippen LogP contribution < -0.4 is 15.4 Å². The molecule has 2 aromatic carbocycles. The van der Waals surface area contributed by atoms with Crippen LogP contribution >= 0.6 is 27.5 Å². The number of hydrogen-bond acceptors (Lipinski definition) is 2. The third-order valence-corrected chi connectivity index (χ3v) is 3.97. The molecule has 122 valence electrons. The molecule has 0 atom stereocenters. The first-order valence-electron chi connectivity index (χ1n) is 7.15. The first-order valence-corrected chi connectivity index (χ1v) is 8.33. The number of ether oxygens (including phenoxy) is 1. The summed E-state index contributed by atoms with van der Waals surface area (Å²) >= 11 is 9.44. The Kier molecular flexibility index (Phi) is 6.30. The van der Waals surface area contributed by atoms with E-state index in [1.807, 2.05) is 44.2 Å². The van der Waals surface area contributed by atoms with Gasteiger partial charge in [-0.1, -0.05) is 33.6 Å². The van der Waals surface area contributed by atoms with Crippen LogP contribution in [0.15, 0.2) is 40.9 Å². The van der Waals surface area contributed by atoms with Crippen molar-refractivity contribution >= 4 is 39.2 Å². The predicted molar refractivity (Wildman–Crippen MR) is 97.6 cm³/mol. The lowest BCUT2D eigenvalue weighted by Gasteiger charge is -2.12. The van der Waals surface area contributed by atoms with Crippen LogP contribution in [0.3, 0.4) is 0 Å². The zero-order chi connectivity index (χ0) is 16.8. The summed E-state index contributed by atoms with van der Waals surface area (Å²) in [7, 11) is 0. The van der Waals surface area contributed by atoms with Gasteiger partial charge < -0.3 is 15.4 Å². The van der Waals surface area contributed by atoms with E-state index in [1.54, 1.807) is 6.07 Å². The summed E-state index contributed by atoms with van der Waals surface area (Å²) in [5.41, 5.74) is 2.83. The maximum Gasteiger partial charge on any atom is 0.319 e. The maximum absolute atomic E-state index is 11.9. The van der Waals surface area contributed by atoms with Crippen molar-refractivity contribution in [3.05, 3.63) is 57.0 Å². The lowest BCUT2D eigenvalue weighted by Crippen LogP contribution is -2.32. The van der Waals surface area contributed by atoms with E-state index in [0.29, 0.717) is 23.9 Å². The van der Waals surface area contributed by atoms with Gasteiger partial charge in [0.25, 0.3) is 0 Å². The number of amides is 2. The Balaban J connectivity index is 1.77. The first-order chi connectivity index (χ1) is 11.0. The van der Waals surface area contributed by atoms with E-state index >= 15 is 0 Å². The molecule has 0 radical (unpaired) electrons. The highest BCUT2D eigenvalue weighted by atomic mass is 79.9. The Morgan fingerprint density at radius 2 is 2.00 bits per heavy atom. The molecule has 2 N–H and O–H groups in total. The van der Waals surface area contributed by atoms with E-state index in [9.17, 15) is 4.79 Å². The van der Waals surface area contributed by atoms with Gasteiger partial charge in [-0.05, 0) is 55.3 Å². The monoisotopic (exact) mass is 396 g/mol. The summed E-state index contributed by atoms with van der Waals surface area (Å²) in [6.45, 7) is 4.63. The van der Waals surface area contributed by atoms with E-state index in [1.165, 1.54) is 0 Å². The summed E-state index contributed by atoms with van der Waals surface area (Å²) in [5, 5.41) is 6.11. The van der Waals surface area contributed by atoms with Crippen molar-refractivity contribution in [2.45, 2.75) is 13.8 Å². The molecule has 2 aromatic rings. The molecule has 0 spiro atoms. The number of carbonyl (C=O) groups excluding carboxylic acids is 1. The predicted octanol–water partition coefficient (Wildman–Crippen LogP) is 4.92. The van der Waals surface area contributed by atoms with Gasteiger partial charge in [0.1, 0.15) is 12.4 Å². The lowest BCUT2D eigenvalue weighted by atomic mass is 10.2. The molecule has 0 aliphatic rings. The topological polar surface area (TPSA) is 50.4 Å². The second kappa shape index (κ2) is 8.22. The number of rotatable bonds is 5. The molecule has 0 aromatic heterocycles. The fraction of sp³-hybridized carbons (Fsp3) is 0.235. The maximum atomic E-state index is 11.9. The minimum absolute atomic E-state index is 0.269. The Bertz CT molecular complexity index is 707. The molecule has 0 bridgehead atoms. The van der Waals surface area contributed by atoms with Crippen molar-refractivity contribution in [1.29, 1.82) is 0 Å². The number of nitrogens with one attached hydrogen (secondary N) is 2. The highest BCUT2D eigenvalue weighted by Gasteiger charge is 2.05. The Morgan fingerprint density at radius 3 is 2.74 bits per heavy atom. The van der Waals surface area contributed by atoms with Gasteiger partial charge in [0.05, 0.1) is 11.6 Å². The zero-order valence-electron chi connectivity index (χ0n) is 13.0. The molecule has 0 aliphatic carbocycles. The Labute approximate surface area is 149 Å². The second-order valence-corrected chi connectivity index (χ2v) is 6.45. The van der Waals surface area contributed by atoms with Crippen LogP contribution in [0.1, 0.15) is 11.1 Å². The molecular weight excluding hydrogens is 380 g/mol. The molecular formula is C17H18BrClN2O2. The Morgan fingerprint density at radius 1 is 1.22 bits per heavy atom. The molecule has 6 heteroatoms. The van der Waals surface area contributed by atoms with E-state index in [0.717, 1.165) is 21.3 Å². The third-order valence-electron chi connectivity index (χ3n) is 3.17. The summed E-state index contributed by atoms with van der Waals surface area (Å²) < 4.78 is 6.55. The number of halogens is 2. The van der Waals surface area contributed by atoms with E-state index in [4.69, 9.17) is 16.3 Å². The largest absolute Gasteiger partial charge is 0.490 e. The molecule has 0 fully saturated rings. The summed E-state index contributed by atoms with van der Waals surface area (Å²) in [4.78, 5) is 11.9. The number of hydrogen-bond donors (Lipinski definition) is 2. The van der Waals surface area contributed by atoms with E-state index in [2.05, 4.69) is 26.6 Å². The van der Waals surface area contributed by atoms with Gasteiger partial charge in [0, 0.05) is 10.2 Å². The zero-order valence-corrected chi connectivity index (χ0v) is 15.3. The Hall–Kier alpha value is -1.72.